The van der Waals surface area contributed by atoms with Crippen molar-refractivity contribution in [1.29, 1.82) is 0 Å². The summed E-state index contributed by atoms with van der Waals surface area (Å²) in [5.41, 5.74) is 1.16. The van der Waals surface area contributed by atoms with E-state index in [4.69, 9.17) is 16.3 Å². The van der Waals surface area contributed by atoms with Crippen LogP contribution in [0.3, 0.4) is 0 Å². The lowest BCUT2D eigenvalue weighted by Gasteiger charge is -2.13. The number of sulfonamides is 1. The number of benzene rings is 2. The molecule has 12 heteroatoms. The number of nitrogens with zero attached hydrogens (tertiary/aromatic N) is 4. The van der Waals surface area contributed by atoms with Gasteiger partial charge in [-0.25, -0.2) is 21.5 Å². The third kappa shape index (κ3) is 4.27. The van der Waals surface area contributed by atoms with Crippen LogP contribution >= 0.6 is 11.6 Å². The van der Waals surface area contributed by atoms with Crippen molar-refractivity contribution in [3.63, 3.8) is 0 Å². The van der Waals surface area contributed by atoms with Gasteiger partial charge in [-0.1, -0.05) is 29.8 Å². The molecule has 0 aliphatic heterocycles. The maximum absolute atomic E-state index is 14.0. The molecule has 32 heavy (non-hydrogen) atoms. The lowest BCUT2D eigenvalue weighted by Crippen LogP contribution is -2.24. The summed E-state index contributed by atoms with van der Waals surface area (Å²) in [6.45, 7) is 0. The maximum Gasteiger partial charge on any atom is 0.324 e. The second-order valence-electron chi connectivity index (χ2n) is 6.95. The molecule has 8 nitrogen and oxygen atoms in total. The Kier molecular flexibility index (Phi) is 5.80. The summed E-state index contributed by atoms with van der Waals surface area (Å²) < 4.78 is 58.9. The molecule has 0 bridgehead atoms. The van der Waals surface area contributed by atoms with Gasteiger partial charge in [0.15, 0.2) is 17.2 Å². The third-order valence-corrected chi connectivity index (χ3v) is 6.66. The van der Waals surface area contributed by atoms with Gasteiger partial charge in [-0.2, -0.15) is 15.1 Å². The zero-order valence-corrected chi connectivity index (χ0v) is 18.4. The van der Waals surface area contributed by atoms with E-state index in [1.54, 1.807) is 24.3 Å². The summed E-state index contributed by atoms with van der Waals surface area (Å²) in [4.78, 5) is 8.37. The first-order valence-corrected chi connectivity index (χ1v) is 11.2. The number of hydrogen-bond acceptors (Lipinski definition) is 6. The highest BCUT2D eigenvalue weighted by molar-refractivity contribution is 7.88. The van der Waals surface area contributed by atoms with Crippen LogP contribution in [0.15, 0.2) is 42.5 Å². The fraction of sp³-hybridized carbons (Fsp3) is 0.150. The van der Waals surface area contributed by atoms with E-state index in [9.17, 15) is 17.2 Å². The van der Waals surface area contributed by atoms with Crippen LogP contribution in [-0.4, -0.2) is 47.0 Å². The topological polar surface area (TPSA) is 101 Å². The van der Waals surface area contributed by atoms with E-state index in [-0.39, 0.29) is 23.1 Å². The molecule has 166 valence electrons. The fourth-order valence-electron chi connectivity index (χ4n) is 2.94. The van der Waals surface area contributed by atoms with Gasteiger partial charge in [0.05, 0.1) is 16.8 Å². The summed E-state index contributed by atoms with van der Waals surface area (Å²) in [5.74, 6) is -2.57. The second kappa shape index (κ2) is 8.41. The molecular weight excluding hydrogens is 464 g/mol. The largest absolute Gasteiger partial charge is 0.421 e. The van der Waals surface area contributed by atoms with Crippen molar-refractivity contribution >= 4 is 32.7 Å². The molecule has 4 rings (SSSR count). The van der Waals surface area contributed by atoms with Crippen LogP contribution in [0.1, 0.15) is 5.69 Å². The number of H-pyrrole nitrogens is 1. The van der Waals surface area contributed by atoms with Gasteiger partial charge in [0.1, 0.15) is 11.6 Å². The minimum atomic E-state index is -3.74. The summed E-state index contributed by atoms with van der Waals surface area (Å²) in [6.07, 6.45) is 0. The molecule has 2 aromatic heterocycles. The third-order valence-electron chi connectivity index (χ3n) is 4.58. The van der Waals surface area contributed by atoms with E-state index in [2.05, 4.69) is 20.2 Å². The molecular formula is C20H16ClF2N5O3S. The predicted molar refractivity (Wildman–Crippen MR) is 115 cm³/mol. The van der Waals surface area contributed by atoms with Gasteiger partial charge in [0, 0.05) is 30.7 Å². The molecule has 0 unspecified atom stereocenters. The van der Waals surface area contributed by atoms with Gasteiger partial charge in [-0.05, 0) is 18.2 Å². The van der Waals surface area contributed by atoms with E-state index in [0.717, 1.165) is 16.4 Å². The number of halogens is 3. The van der Waals surface area contributed by atoms with Gasteiger partial charge in [-0.15, -0.1) is 0 Å². The number of hydrogen-bond donors (Lipinski definition) is 1. The molecule has 0 aliphatic carbocycles. The Morgan fingerprint density at radius 1 is 1.12 bits per heavy atom. The molecule has 4 aromatic rings. The number of rotatable bonds is 6. The summed E-state index contributed by atoms with van der Waals surface area (Å²) in [5, 5.41) is 7.68. The number of nitrogens with one attached hydrogen (secondary N) is 1. The predicted octanol–water partition coefficient (Wildman–Crippen LogP) is 4.14. The molecule has 0 atom stereocenters. The average molecular weight is 480 g/mol. The zero-order valence-electron chi connectivity index (χ0n) is 16.8. The van der Waals surface area contributed by atoms with E-state index in [0.29, 0.717) is 27.7 Å². The Hall–Kier alpha value is -3.15. The fourth-order valence-corrected chi connectivity index (χ4v) is 3.98. The zero-order chi connectivity index (χ0) is 23.0. The van der Waals surface area contributed by atoms with Crippen LogP contribution in [0.4, 0.5) is 8.78 Å². The first kappa shape index (κ1) is 22.1. The van der Waals surface area contributed by atoms with Crippen molar-refractivity contribution < 1.29 is 21.9 Å². The summed E-state index contributed by atoms with van der Waals surface area (Å²) >= 11 is 6.31. The number of aromatic amines is 1. The monoisotopic (exact) mass is 479 g/mol. The highest BCUT2D eigenvalue weighted by Crippen LogP contribution is 2.34. The first-order valence-electron chi connectivity index (χ1n) is 9.18. The van der Waals surface area contributed by atoms with E-state index < -0.39 is 27.4 Å². The van der Waals surface area contributed by atoms with Gasteiger partial charge in [0.2, 0.25) is 10.0 Å². The summed E-state index contributed by atoms with van der Waals surface area (Å²) in [6, 6.07) is 9.32. The van der Waals surface area contributed by atoms with Crippen molar-refractivity contribution in [2.24, 2.45) is 0 Å². The molecule has 0 amide bonds. The van der Waals surface area contributed by atoms with Crippen molar-refractivity contribution in [3.8, 4) is 23.0 Å². The highest BCUT2D eigenvalue weighted by atomic mass is 35.5. The van der Waals surface area contributed by atoms with Gasteiger partial charge in [-0.3, -0.25) is 5.10 Å². The van der Waals surface area contributed by atoms with Crippen LogP contribution < -0.4 is 4.74 Å². The number of fused-ring (bicyclic) bond motifs is 1. The Balaban J connectivity index is 1.89. The minimum absolute atomic E-state index is 0.0740. The highest BCUT2D eigenvalue weighted by Gasteiger charge is 2.24. The van der Waals surface area contributed by atoms with Gasteiger partial charge < -0.3 is 4.74 Å². The standard InChI is InChI=1S/C20H16ClF2N5O3S/c1-28(2)32(29,30)10-15-17-18(12-5-3-4-6-13(12)21)26-27-19(17)25-20(24-15)31-16-8-7-11(22)9-14(16)23/h3-9H,10H2,1-2H3,(H,24,25,26,27). The Morgan fingerprint density at radius 3 is 2.56 bits per heavy atom. The Labute approximate surface area is 186 Å². The lowest BCUT2D eigenvalue weighted by molar-refractivity contribution is 0.408. The molecule has 0 saturated carbocycles. The molecule has 0 spiro atoms. The molecule has 0 radical (unpaired) electrons. The van der Waals surface area contributed by atoms with Crippen LogP contribution in [-0.2, 0) is 15.8 Å². The van der Waals surface area contributed by atoms with E-state index >= 15 is 0 Å². The Morgan fingerprint density at radius 2 is 1.88 bits per heavy atom. The van der Waals surface area contributed by atoms with Gasteiger partial charge in [0.25, 0.3) is 0 Å². The molecule has 2 aromatic carbocycles. The maximum atomic E-state index is 14.0. The number of ether oxygens (including phenoxy) is 1. The van der Waals surface area contributed by atoms with E-state index in [1.165, 1.54) is 14.1 Å². The molecule has 1 N–H and O–H groups in total. The normalized spacial score (nSPS) is 11.9. The second-order valence-corrected chi connectivity index (χ2v) is 9.54. The van der Waals surface area contributed by atoms with Crippen molar-refractivity contribution in [2.45, 2.75) is 5.75 Å². The smallest absolute Gasteiger partial charge is 0.324 e. The van der Waals surface area contributed by atoms with Crippen LogP contribution in [0.25, 0.3) is 22.3 Å². The van der Waals surface area contributed by atoms with Crippen molar-refractivity contribution in [3.05, 3.63) is 64.8 Å². The van der Waals surface area contributed by atoms with Crippen LogP contribution in [0.5, 0.6) is 11.8 Å². The van der Waals surface area contributed by atoms with Crippen LogP contribution in [0, 0.1) is 11.6 Å². The summed E-state index contributed by atoms with van der Waals surface area (Å²) in [7, 11) is -0.959. The molecule has 0 fully saturated rings. The van der Waals surface area contributed by atoms with E-state index in [1.807, 2.05) is 0 Å². The van der Waals surface area contributed by atoms with Crippen LogP contribution in [0.2, 0.25) is 5.02 Å². The van der Waals surface area contributed by atoms with Crippen molar-refractivity contribution in [1.82, 2.24) is 24.5 Å². The quantitative estimate of drug-likeness (QED) is 0.446. The Bertz CT molecular complexity index is 1430. The molecule has 2 heterocycles. The molecule has 0 saturated heterocycles. The SMILES string of the molecule is CN(C)S(=O)(=O)Cc1nc(Oc2ccc(F)cc2F)nc2n[nH]c(-c3ccccc3Cl)c12. The lowest BCUT2D eigenvalue weighted by atomic mass is 10.1. The van der Waals surface area contributed by atoms with Crippen molar-refractivity contribution in [2.75, 3.05) is 14.1 Å². The van der Waals surface area contributed by atoms with Gasteiger partial charge >= 0.3 is 6.01 Å². The minimum Gasteiger partial charge on any atom is -0.421 e. The first-order chi connectivity index (χ1) is 15.2. The molecule has 0 aliphatic rings. The number of aromatic nitrogens is 4. The average Bonchev–Trinajstić information content (AvgIpc) is 3.14.